The average Bonchev–Trinajstić information content (AvgIpc) is 3.25. The Labute approximate surface area is 174 Å². The maximum absolute atomic E-state index is 12.9. The van der Waals surface area contributed by atoms with Crippen LogP contribution >= 0.6 is 23.2 Å². The van der Waals surface area contributed by atoms with Gasteiger partial charge in [-0.25, -0.2) is 8.42 Å². The van der Waals surface area contributed by atoms with Gasteiger partial charge < -0.3 is 9.80 Å². The maximum Gasteiger partial charge on any atom is 0.244 e. The van der Waals surface area contributed by atoms with Crippen molar-refractivity contribution in [3.8, 4) is 0 Å². The molecule has 2 aromatic rings. The molecule has 0 radical (unpaired) electrons. The largest absolute Gasteiger partial charge is 0.355 e. The quantitative estimate of drug-likeness (QED) is 0.726. The minimum atomic E-state index is -3.69. The molecule has 28 heavy (non-hydrogen) atoms. The lowest BCUT2D eigenvalue weighted by atomic mass is 10.3. The SMILES string of the molecule is O=S(=O)(c1cc(Cl)ccc1Cl)N1CCN(c2ccc(N3CCCC3)nn2)CC1. The molecule has 0 unspecified atom stereocenters. The van der Waals surface area contributed by atoms with Crippen LogP contribution in [0, 0.1) is 0 Å². The highest BCUT2D eigenvalue weighted by Gasteiger charge is 2.31. The van der Waals surface area contributed by atoms with Crippen molar-refractivity contribution in [1.82, 2.24) is 14.5 Å². The monoisotopic (exact) mass is 441 g/mol. The number of rotatable bonds is 4. The lowest BCUT2D eigenvalue weighted by molar-refractivity contribution is 0.383. The van der Waals surface area contributed by atoms with Crippen molar-refractivity contribution in [2.45, 2.75) is 17.7 Å². The summed E-state index contributed by atoms with van der Waals surface area (Å²) < 4.78 is 27.3. The predicted molar refractivity (Wildman–Crippen MR) is 111 cm³/mol. The fourth-order valence-corrected chi connectivity index (χ4v) is 5.73. The molecular formula is C18H21Cl2N5O2S. The third-order valence-electron chi connectivity index (χ3n) is 5.14. The van der Waals surface area contributed by atoms with Crippen LogP contribution in [0.3, 0.4) is 0 Å². The van der Waals surface area contributed by atoms with Crippen LogP contribution in [0.15, 0.2) is 35.2 Å². The van der Waals surface area contributed by atoms with Gasteiger partial charge in [0.05, 0.1) is 5.02 Å². The van der Waals surface area contributed by atoms with Crippen molar-refractivity contribution < 1.29 is 8.42 Å². The topological polar surface area (TPSA) is 69.6 Å². The molecule has 0 atom stereocenters. The maximum atomic E-state index is 12.9. The van der Waals surface area contributed by atoms with Gasteiger partial charge in [-0.05, 0) is 43.2 Å². The summed E-state index contributed by atoms with van der Waals surface area (Å²) in [4.78, 5) is 4.33. The number of benzene rings is 1. The number of aromatic nitrogens is 2. The molecule has 150 valence electrons. The Morgan fingerprint density at radius 3 is 1.93 bits per heavy atom. The second-order valence-corrected chi connectivity index (χ2v) is 9.66. The first kappa shape index (κ1) is 19.7. The van der Waals surface area contributed by atoms with Gasteiger partial charge in [0.2, 0.25) is 10.0 Å². The summed E-state index contributed by atoms with van der Waals surface area (Å²) in [6, 6.07) is 8.42. The number of piperazine rings is 1. The van der Waals surface area contributed by atoms with E-state index in [1.54, 1.807) is 6.07 Å². The van der Waals surface area contributed by atoms with E-state index in [2.05, 4.69) is 15.1 Å². The highest BCUT2D eigenvalue weighted by Crippen LogP contribution is 2.29. The van der Waals surface area contributed by atoms with Crippen molar-refractivity contribution in [2.75, 3.05) is 49.1 Å². The number of anilines is 2. The Kier molecular flexibility index (Phi) is 5.64. The predicted octanol–water partition coefficient (Wildman–Crippen LogP) is 2.89. The molecule has 0 saturated carbocycles. The molecule has 0 N–H and O–H groups in total. The van der Waals surface area contributed by atoms with Gasteiger partial charge in [0.15, 0.2) is 11.6 Å². The van der Waals surface area contributed by atoms with Gasteiger partial charge in [-0.15, -0.1) is 10.2 Å². The Morgan fingerprint density at radius 2 is 1.36 bits per heavy atom. The minimum Gasteiger partial charge on any atom is -0.355 e. The van der Waals surface area contributed by atoms with Crippen LogP contribution in [0.5, 0.6) is 0 Å². The van der Waals surface area contributed by atoms with Gasteiger partial charge >= 0.3 is 0 Å². The zero-order valence-electron chi connectivity index (χ0n) is 15.3. The summed E-state index contributed by atoms with van der Waals surface area (Å²) in [7, 11) is -3.69. The second-order valence-electron chi connectivity index (χ2n) is 6.91. The van der Waals surface area contributed by atoms with Crippen LogP contribution in [0.1, 0.15) is 12.8 Å². The van der Waals surface area contributed by atoms with Crippen LogP contribution in [0.4, 0.5) is 11.6 Å². The molecule has 2 fully saturated rings. The zero-order chi connectivity index (χ0) is 19.7. The van der Waals surface area contributed by atoms with E-state index in [9.17, 15) is 8.42 Å². The first-order chi connectivity index (χ1) is 13.4. The average molecular weight is 442 g/mol. The zero-order valence-corrected chi connectivity index (χ0v) is 17.6. The number of hydrogen-bond acceptors (Lipinski definition) is 6. The van der Waals surface area contributed by atoms with Crippen LogP contribution in [-0.2, 0) is 10.0 Å². The summed E-state index contributed by atoms with van der Waals surface area (Å²) in [5.41, 5.74) is 0. The van der Waals surface area contributed by atoms with Crippen LogP contribution in [-0.4, -0.2) is 62.2 Å². The Morgan fingerprint density at radius 1 is 0.786 bits per heavy atom. The van der Waals surface area contributed by atoms with E-state index in [0.717, 1.165) is 24.7 Å². The van der Waals surface area contributed by atoms with Gasteiger partial charge in [-0.3, -0.25) is 0 Å². The third kappa shape index (κ3) is 3.91. The fraction of sp³-hybridized carbons (Fsp3) is 0.444. The summed E-state index contributed by atoms with van der Waals surface area (Å²) >= 11 is 12.1. The van der Waals surface area contributed by atoms with Gasteiger partial charge in [0, 0.05) is 44.3 Å². The van der Waals surface area contributed by atoms with Gasteiger partial charge in [-0.1, -0.05) is 23.2 Å². The van der Waals surface area contributed by atoms with Crippen molar-refractivity contribution >= 4 is 44.9 Å². The van der Waals surface area contributed by atoms with E-state index < -0.39 is 10.0 Å². The summed E-state index contributed by atoms with van der Waals surface area (Å²) in [5.74, 6) is 1.67. The van der Waals surface area contributed by atoms with Crippen molar-refractivity contribution in [1.29, 1.82) is 0 Å². The Balaban J connectivity index is 1.43. The summed E-state index contributed by atoms with van der Waals surface area (Å²) in [5, 5.41) is 9.21. The molecule has 0 bridgehead atoms. The lowest BCUT2D eigenvalue weighted by Gasteiger charge is -2.34. The Bertz CT molecular complexity index is 941. The first-order valence-electron chi connectivity index (χ1n) is 9.24. The number of nitrogens with zero attached hydrogens (tertiary/aromatic N) is 5. The van der Waals surface area contributed by atoms with E-state index in [1.807, 2.05) is 17.0 Å². The summed E-state index contributed by atoms with van der Waals surface area (Å²) in [6.45, 7) is 3.82. The molecule has 7 nitrogen and oxygen atoms in total. The molecule has 2 aliphatic heterocycles. The molecule has 1 aromatic carbocycles. The highest BCUT2D eigenvalue weighted by atomic mass is 35.5. The van der Waals surface area contributed by atoms with Gasteiger partial charge in [0.1, 0.15) is 4.90 Å². The standard InChI is InChI=1S/C18H21Cl2N5O2S/c19-14-3-4-15(20)16(13-14)28(26,27)25-11-9-24(10-12-25)18-6-5-17(21-22-18)23-7-1-2-8-23/h3-6,13H,1-2,7-12H2. The van der Waals surface area contributed by atoms with Crippen LogP contribution < -0.4 is 9.80 Å². The third-order valence-corrected chi connectivity index (χ3v) is 7.76. The highest BCUT2D eigenvalue weighted by molar-refractivity contribution is 7.89. The van der Waals surface area contributed by atoms with Crippen molar-refractivity contribution in [2.24, 2.45) is 0 Å². The minimum absolute atomic E-state index is 0.0462. The smallest absolute Gasteiger partial charge is 0.244 e. The molecular weight excluding hydrogens is 421 g/mol. The summed E-state index contributed by atoms with van der Waals surface area (Å²) in [6.07, 6.45) is 2.38. The fourth-order valence-electron chi connectivity index (χ4n) is 3.57. The van der Waals surface area contributed by atoms with Crippen LogP contribution in [0.25, 0.3) is 0 Å². The van der Waals surface area contributed by atoms with Gasteiger partial charge in [-0.2, -0.15) is 4.31 Å². The lowest BCUT2D eigenvalue weighted by Crippen LogP contribution is -2.49. The molecule has 2 aliphatic rings. The van der Waals surface area contributed by atoms with Crippen molar-refractivity contribution in [3.63, 3.8) is 0 Å². The first-order valence-corrected chi connectivity index (χ1v) is 11.4. The van der Waals surface area contributed by atoms with E-state index in [-0.39, 0.29) is 9.92 Å². The second kappa shape index (κ2) is 8.02. The number of sulfonamides is 1. The molecule has 4 rings (SSSR count). The number of halogens is 2. The van der Waals surface area contributed by atoms with Crippen molar-refractivity contribution in [3.05, 3.63) is 40.4 Å². The molecule has 2 saturated heterocycles. The van der Waals surface area contributed by atoms with E-state index >= 15 is 0 Å². The molecule has 0 aliphatic carbocycles. The molecule has 3 heterocycles. The van der Waals surface area contributed by atoms with E-state index in [4.69, 9.17) is 23.2 Å². The van der Waals surface area contributed by atoms with E-state index in [0.29, 0.717) is 31.2 Å². The molecule has 1 aromatic heterocycles. The molecule has 0 spiro atoms. The normalized spacial score (nSPS) is 18.6. The molecule has 0 amide bonds. The number of hydrogen-bond donors (Lipinski definition) is 0. The Hall–Kier alpha value is -1.61. The van der Waals surface area contributed by atoms with E-state index in [1.165, 1.54) is 29.3 Å². The van der Waals surface area contributed by atoms with Crippen LogP contribution in [0.2, 0.25) is 10.0 Å². The molecule has 10 heteroatoms. The van der Waals surface area contributed by atoms with Gasteiger partial charge in [0.25, 0.3) is 0 Å².